The molecule has 0 unspecified atom stereocenters. The van der Waals surface area contributed by atoms with Gasteiger partial charge in [-0.1, -0.05) is 74.5 Å². The zero-order chi connectivity index (χ0) is 22.1. The molecule has 0 radical (unpaired) electrons. The Morgan fingerprint density at radius 1 is 1.06 bits per heavy atom. The molecular weight excluding hydrogens is 388 g/mol. The van der Waals surface area contributed by atoms with Crippen molar-refractivity contribution in [3.63, 3.8) is 0 Å². The minimum Gasteiger partial charge on any atom is -0.375 e. The van der Waals surface area contributed by atoms with Gasteiger partial charge in [-0.3, -0.25) is 9.59 Å². The van der Waals surface area contributed by atoms with Gasteiger partial charge in [-0.15, -0.1) is 0 Å². The van der Waals surface area contributed by atoms with Crippen LogP contribution in [0.3, 0.4) is 0 Å². The highest BCUT2D eigenvalue weighted by Gasteiger charge is 2.50. The molecule has 0 aromatic heterocycles. The van der Waals surface area contributed by atoms with Gasteiger partial charge in [-0.2, -0.15) is 0 Å². The predicted octanol–water partition coefficient (Wildman–Crippen LogP) is 3.44. The fraction of sp³-hybridized carbons (Fsp3) is 0.462. The van der Waals surface area contributed by atoms with Crippen molar-refractivity contribution in [1.82, 2.24) is 10.2 Å². The van der Waals surface area contributed by atoms with Crippen LogP contribution in [-0.2, 0) is 15.2 Å². The maximum Gasteiger partial charge on any atom is 0.259 e. The van der Waals surface area contributed by atoms with Gasteiger partial charge in [-0.25, -0.2) is 0 Å². The molecule has 4 rings (SSSR count). The molecule has 2 saturated heterocycles. The summed E-state index contributed by atoms with van der Waals surface area (Å²) in [4.78, 5) is 27.7. The minimum absolute atomic E-state index is 0.0925. The van der Waals surface area contributed by atoms with Gasteiger partial charge < -0.3 is 15.3 Å². The van der Waals surface area contributed by atoms with Gasteiger partial charge >= 0.3 is 0 Å². The molecule has 2 N–H and O–H groups in total. The number of hydrogen-bond donors (Lipinski definition) is 2. The molecule has 2 aliphatic rings. The highest BCUT2D eigenvalue weighted by Crippen LogP contribution is 2.49. The summed E-state index contributed by atoms with van der Waals surface area (Å²) >= 11 is 0. The van der Waals surface area contributed by atoms with Crippen LogP contribution in [0.2, 0.25) is 0 Å². The molecule has 5 heteroatoms. The van der Waals surface area contributed by atoms with Gasteiger partial charge in [-0.05, 0) is 35.3 Å². The molecule has 2 aliphatic heterocycles. The predicted molar refractivity (Wildman–Crippen MR) is 120 cm³/mol. The second-order valence-corrected chi connectivity index (χ2v) is 9.39. The van der Waals surface area contributed by atoms with Crippen LogP contribution in [0, 0.1) is 11.3 Å². The summed E-state index contributed by atoms with van der Waals surface area (Å²) < 4.78 is 0. The third kappa shape index (κ3) is 3.87. The van der Waals surface area contributed by atoms with Crippen LogP contribution in [0.15, 0.2) is 60.7 Å². The lowest BCUT2D eigenvalue weighted by Crippen LogP contribution is -2.56. The molecule has 2 atom stereocenters. The highest BCUT2D eigenvalue weighted by molar-refractivity contribution is 5.87. The molecule has 2 aromatic rings. The lowest BCUT2D eigenvalue weighted by atomic mass is 9.62. The number of rotatable bonds is 4. The Balaban J connectivity index is 1.56. The van der Waals surface area contributed by atoms with E-state index in [2.05, 4.69) is 17.4 Å². The van der Waals surface area contributed by atoms with Crippen LogP contribution in [0.25, 0.3) is 0 Å². The number of aliphatic hydroxyl groups is 1. The first-order valence-corrected chi connectivity index (χ1v) is 11.3. The van der Waals surface area contributed by atoms with Crippen LogP contribution < -0.4 is 5.32 Å². The summed E-state index contributed by atoms with van der Waals surface area (Å²) in [7, 11) is 0. The molecule has 0 aliphatic carbocycles. The Morgan fingerprint density at radius 3 is 2.23 bits per heavy atom. The zero-order valence-electron chi connectivity index (χ0n) is 18.4. The van der Waals surface area contributed by atoms with E-state index in [1.807, 2.05) is 62.4 Å². The van der Waals surface area contributed by atoms with E-state index < -0.39 is 5.60 Å². The summed E-state index contributed by atoms with van der Waals surface area (Å²) in [5.74, 6) is -0.160. The van der Waals surface area contributed by atoms with Gasteiger partial charge in [0.15, 0.2) is 5.60 Å². The van der Waals surface area contributed by atoms with E-state index in [0.717, 1.165) is 12.8 Å². The van der Waals surface area contributed by atoms with E-state index in [0.29, 0.717) is 31.6 Å². The standard InChI is InChI=1S/C26H32N2O3/c1-19(2)26(31,21-11-7-4-8-12-21)24(30)28-15-13-25(14-16-28)17-23(29)27-18-22(25)20-9-5-3-6-10-20/h3-12,19,22,31H,13-18H2,1-2H3,(H,27,29)/t22-,26+/m0/s1. The summed E-state index contributed by atoms with van der Waals surface area (Å²) in [6, 6.07) is 19.6. The maximum absolute atomic E-state index is 13.5. The van der Waals surface area contributed by atoms with Gasteiger partial charge in [0.05, 0.1) is 0 Å². The van der Waals surface area contributed by atoms with Gasteiger partial charge in [0, 0.05) is 32.0 Å². The minimum atomic E-state index is -1.55. The molecule has 2 amide bonds. The molecule has 31 heavy (non-hydrogen) atoms. The molecule has 1 spiro atoms. The lowest BCUT2D eigenvalue weighted by Gasteiger charge is -2.50. The molecule has 164 valence electrons. The fourth-order valence-electron chi connectivity index (χ4n) is 5.41. The lowest BCUT2D eigenvalue weighted by molar-refractivity contribution is -0.161. The first-order chi connectivity index (χ1) is 14.9. The normalized spacial score (nSPS) is 22.8. The molecule has 5 nitrogen and oxygen atoms in total. The van der Waals surface area contributed by atoms with E-state index in [1.165, 1.54) is 5.56 Å². The van der Waals surface area contributed by atoms with Crippen LogP contribution in [0.4, 0.5) is 0 Å². The Bertz CT molecular complexity index is 920. The van der Waals surface area contributed by atoms with E-state index in [9.17, 15) is 14.7 Å². The largest absolute Gasteiger partial charge is 0.375 e. The van der Waals surface area contributed by atoms with Gasteiger partial charge in [0.2, 0.25) is 5.91 Å². The number of carbonyl (C=O) groups excluding carboxylic acids is 2. The molecular formula is C26H32N2O3. The molecule has 0 saturated carbocycles. The molecule has 2 aromatic carbocycles. The molecule has 2 heterocycles. The zero-order valence-corrected chi connectivity index (χ0v) is 18.4. The SMILES string of the molecule is CC(C)[C@](O)(C(=O)N1CCC2(CC1)CC(=O)NC[C@H]2c1ccccc1)c1ccccc1. The fourth-order valence-corrected chi connectivity index (χ4v) is 5.41. The van der Waals surface area contributed by atoms with Gasteiger partial charge in [0.1, 0.15) is 0 Å². The Labute approximate surface area is 184 Å². The van der Waals surface area contributed by atoms with Crippen LogP contribution in [-0.4, -0.2) is 41.5 Å². The first kappa shape index (κ1) is 21.6. The number of nitrogens with zero attached hydrogens (tertiary/aromatic N) is 1. The average Bonchev–Trinajstić information content (AvgIpc) is 2.79. The molecule has 2 fully saturated rings. The Morgan fingerprint density at radius 2 is 1.65 bits per heavy atom. The topological polar surface area (TPSA) is 69.6 Å². The van der Waals surface area contributed by atoms with Crippen molar-refractivity contribution in [2.24, 2.45) is 11.3 Å². The third-order valence-corrected chi connectivity index (χ3v) is 7.38. The quantitative estimate of drug-likeness (QED) is 0.796. The van der Waals surface area contributed by atoms with Crippen LogP contribution >= 0.6 is 0 Å². The van der Waals surface area contributed by atoms with Crippen molar-refractivity contribution in [1.29, 1.82) is 0 Å². The van der Waals surface area contributed by atoms with E-state index >= 15 is 0 Å². The maximum atomic E-state index is 13.5. The highest BCUT2D eigenvalue weighted by atomic mass is 16.3. The van der Waals surface area contributed by atoms with E-state index in [1.54, 1.807) is 4.90 Å². The number of carbonyl (C=O) groups is 2. The average molecular weight is 421 g/mol. The second-order valence-electron chi connectivity index (χ2n) is 9.39. The van der Waals surface area contributed by atoms with Crippen molar-refractivity contribution < 1.29 is 14.7 Å². The van der Waals surface area contributed by atoms with Crippen LogP contribution in [0.1, 0.15) is 50.2 Å². The number of likely N-dealkylation sites (tertiary alicyclic amines) is 1. The van der Waals surface area contributed by atoms with Crippen molar-refractivity contribution in [2.75, 3.05) is 19.6 Å². The summed E-state index contributed by atoms with van der Waals surface area (Å²) in [5.41, 5.74) is 0.178. The molecule has 0 bridgehead atoms. The summed E-state index contributed by atoms with van der Waals surface area (Å²) in [5, 5.41) is 14.5. The van der Waals surface area contributed by atoms with Crippen molar-refractivity contribution in [3.8, 4) is 0 Å². The Kier molecular flexibility index (Phi) is 5.89. The van der Waals surface area contributed by atoms with E-state index in [-0.39, 0.29) is 29.1 Å². The number of amides is 2. The number of benzene rings is 2. The Hall–Kier alpha value is -2.66. The van der Waals surface area contributed by atoms with Crippen molar-refractivity contribution in [2.45, 2.75) is 44.6 Å². The number of nitrogens with one attached hydrogen (secondary N) is 1. The number of piperidine rings is 2. The van der Waals surface area contributed by atoms with Crippen LogP contribution in [0.5, 0.6) is 0 Å². The first-order valence-electron chi connectivity index (χ1n) is 11.3. The summed E-state index contributed by atoms with van der Waals surface area (Å²) in [6.45, 7) is 5.51. The van der Waals surface area contributed by atoms with Crippen molar-refractivity contribution in [3.05, 3.63) is 71.8 Å². The smallest absolute Gasteiger partial charge is 0.259 e. The third-order valence-electron chi connectivity index (χ3n) is 7.38. The summed E-state index contributed by atoms with van der Waals surface area (Å²) in [6.07, 6.45) is 2.01. The van der Waals surface area contributed by atoms with Crippen molar-refractivity contribution >= 4 is 11.8 Å². The second kappa shape index (κ2) is 8.46. The number of hydrogen-bond acceptors (Lipinski definition) is 3. The van der Waals surface area contributed by atoms with Gasteiger partial charge in [0.25, 0.3) is 5.91 Å². The van der Waals surface area contributed by atoms with E-state index in [4.69, 9.17) is 0 Å². The monoisotopic (exact) mass is 420 g/mol.